The Hall–Kier alpha value is -1.62. The number of hydrogen-bond donors (Lipinski definition) is 2. The Morgan fingerprint density at radius 1 is 1.52 bits per heavy atom. The zero-order chi connectivity index (χ0) is 15.1. The van der Waals surface area contributed by atoms with Gasteiger partial charge in [-0.15, -0.1) is 0 Å². The number of piperidine rings is 1. The molecule has 21 heavy (non-hydrogen) atoms. The highest BCUT2D eigenvalue weighted by atomic mass is 19.1. The minimum absolute atomic E-state index is 0.0656. The molecule has 0 spiro atoms. The van der Waals surface area contributed by atoms with Crippen molar-refractivity contribution in [3.05, 3.63) is 24.0 Å². The van der Waals surface area contributed by atoms with E-state index in [1.807, 2.05) is 0 Å². The molecule has 1 amide bonds. The summed E-state index contributed by atoms with van der Waals surface area (Å²) in [6.45, 7) is 4.28. The number of ether oxygens (including phenoxy) is 1. The SMILES string of the molecule is CCOc1ccc(NC(=O)CCC2CCCNC2)cc1F. The monoisotopic (exact) mass is 294 g/mol. The van der Waals surface area contributed by atoms with Gasteiger partial charge in [-0.3, -0.25) is 4.79 Å². The lowest BCUT2D eigenvalue weighted by Gasteiger charge is -2.22. The van der Waals surface area contributed by atoms with Crippen molar-refractivity contribution in [3.8, 4) is 5.75 Å². The molecule has 5 heteroatoms. The summed E-state index contributed by atoms with van der Waals surface area (Å²) in [6.07, 6.45) is 3.70. The third-order valence-electron chi connectivity index (χ3n) is 3.69. The van der Waals surface area contributed by atoms with E-state index in [4.69, 9.17) is 4.74 Å². The van der Waals surface area contributed by atoms with Gasteiger partial charge in [-0.25, -0.2) is 4.39 Å². The second-order valence-electron chi connectivity index (χ2n) is 5.38. The van der Waals surface area contributed by atoms with Gasteiger partial charge in [0.25, 0.3) is 0 Å². The Morgan fingerprint density at radius 3 is 3.05 bits per heavy atom. The largest absolute Gasteiger partial charge is 0.491 e. The summed E-state index contributed by atoms with van der Waals surface area (Å²) in [5.74, 6) is 0.264. The standard InChI is InChI=1S/C16H23FN2O2/c1-2-21-15-7-6-13(10-14(15)17)19-16(20)8-5-12-4-3-9-18-11-12/h6-7,10,12,18H,2-5,8-9,11H2,1H3,(H,19,20). The number of benzene rings is 1. The van der Waals surface area contributed by atoms with Gasteiger partial charge in [0, 0.05) is 18.2 Å². The molecule has 0 saturated carbocycles. The molecule has 2 rings (SSSR count). The molecule has 0 bridgehead atoms. The predicted octanol–water partition coefficient (Wildman–Crippen LogP) is 2.94. The van der Waals surface area contributed by atoms with Gasteiger partial charge >= 0.3 is 0 Å². The van der Waals surface area contributed by atoms with Gasteiger partial charge in [0.05, 0.1) is 6.61 Å². The molecule has 116 valence electrons. The molecular weight excluding hydrogens is 271 g/mol. The molecule has 0 aliphatic carbocycles. The summed E-state index contributed by atoms with van der Waals surface area (Å²) in [4.78, 5) is 11.9. The normalized spacial score (nSPS) is 18.3. The Balaban J connectivity index is 1.80. The number of anilines is 1. The maximum Gasteiger partial charge on any atom is 0.224 e. The maximum absolute atomic E-state index is 13.7. The van der Waals surface area contributed by atoms with E-state index in [1.54, 1.807) is 19.1 Å². The zero-order valence-corrected chi connectivity index (χ0v) is 12.5. The number of carbonyl (C=O) groups is 1. The van der Waals surface area contributed by atoms with Gasteiger partial charge in [-0.2, -0.15) is 0 Å². The van der Waals surface area contributed by atoms with Crippen molar-refractivity contribution in [1.82, 2.24) is 5.32 Å². The highest BCUT2D eigenvalue weighted by molar-refractivity contribution is 5.90. The minimum atomic E-state index is -0.453. The Labute approximate surface area is 125 Å². The van der Waals surface area contributed by atoms with E-state index in [0.717, 1.165) is 19.5 Å². The van der Waals surface area contributed by atoms with Gasteiger partial charge in [-0.1, -0.05) is 0 Å². The number of nitrogens with one attached hydrogen (secondary N) is 2. The van der Waals surface area contributed by atoms with Gasteiger partial charge in [0.2, 0.25) is 5.91 Å². The zero-order valence-electron chi connectivity index (χ0n) is 12.5. The van der Waals surface area contributed by atoms with Crippen LogP contribution < -0.4 is 15.4 Å². The van der Waals surface area contributed by atoms with Crippen molar-refractivity contribution in [2.24, 2.45) is 5.92 Å². The number of amides is 1. The van der Waals surface area contributed by atoms with Crippen molar-refractivity contribution in [1.29, 1.82) is 0 Å². The summed E-state index contributed by atoms with van der Waals surface area (Å²) < 4.78 is 18.8. The topological polar surface area (TPSA) is 50.4 Å². The van der Waals surface area contributed by atoms with Crippen LogP contribution in [0.3, 0.4) is 0 Å². The summed E-state index contributed by atoms with van der Waals surface area (Å²) in [6, 6.07) is 4.50. The first-order valence-electron chi connectivity index (χ1n) is 7.62. The Kier molecular flexibility index (Phi) is 5.99. The third kappa shape index (κ3) is 5.01. The number of halogens is 1. The average Bonchev–Trinajstić information content (AvgIpc) is 2.49. The van der Waals surface area contributed by atoms with E-state index in [1.165, 1.54) is 18.9 Å². The summed E-state index contributed by atoms with van der Waals surface area (Å²) in [5, 5.41) is 6.08. The second kappa shape index (κ2) is 7.98. The highest BCUT2D eigenvalue weighted by Crippen LogP contribution is 2.22. The molecule has 0 radical (unpaired) electrons. The lowest BCUT2D eigenvalue weighted by molar-refractivity contribution is -0.116. The van der Waals surface area contributed by atoms with Crippen molar-refractivity contribution in [2.75, 3.05) is 25.0 Å². The lowest BCUT2D eigenvalue weighted by atomic mass is 9.94. The first-order chi connectivity index (χ1) is 10.2. The van der Waals surface area contributed by atoms with Crippen molar-refractivity contribution < 1.29 is 13.9 Å². The van der Waals surface area contributed by atoms with Gasteiger partial charge in [0.15, 0.2) is 11.6 Å². The Morgan fingerprint density at radius 2 is 2.38 bits per heavy atom. The summed E-state index contributed by atoms with van der Waals surface area (Å²) in [5.41, 5.74) is 0.475. The molecular formula is C16H23FN2O2. The molecule has 1 aliphatic rings. The van der Waals surface area contributed by atoms with Crippen LogP contribution in [0.2, 0.25) is 0 Å². The van der Waals surface area contributed by atoms with Gasteiger partial charge in [0.1, 0.15) is 0 Å². The number of rotatable bonds is 6. The van der Waals surface area contributed by atoms with Crippen LogP contribution in [0.15, 0.2) is 18.2 Å². The molecule has 0 aromatic heterocycles. The summed E-state index contributed by atoms with van der Waals surface area (Å²) >= 11 is 0. The fourth-order valence-corrected chi connectivity index (χ4v) is 2.58. The van der Waals surface area contributed by atoms with Crippen molar-refractivity contribution in [2.45, 2.75) is 32.6 Å². The van der Waals surface area contributed by atoms with E-state index in [9.17, 15) is 9.18 Å². The van der Waals surface area contributed by atoms with Crippen LogP contribution in [0.4, 0.5) is 10.1 Å². The molecule has 1 fully saturated rings. The molecule has 1 saturated heterocycles. The molecule has 1 aliphatic heterocycles. The van der Waals surface area contributed by atoms with Crippen molar-refractivity contribution in [3.63, 3.8) is 0 Å². The van der Waals surface area contributed by atoms with Crippen LogP contribution in [0.5, 0.6) is 5.75 Å². The fourth-order valence-electron chi connectivity index (χ4n) is 2.58. The number of carbonyl (C=O) groups excluding carboxylic acids is 1. The summed E-state index contributed by atoms with van der Waals surface area (Å²) in [7, 11) is 0. The number of hydrogen-bond acceptors (Lipinski definition) is 3. The van der Waals surface area contributed by atoms with E-state index in [2.05, 4.69) is 10.6 Å². The highest BCUT2D eigenvalue weighted by Gasteiger charge is 2.14. The van der Waals surface area contributed by atoms with Crippen LogP contribution in [-0.4, -0.2) is 25.6 Å². The molecule has 1 aromatic carbocycles. The van der Waals surface area contributed by atoms with E-state index >= 15 is 0 Å². The van der Waals surface area contributed by atoms with E-state index in [0.29, 0.717) is 24.6 Å². The second-order valence-corrected chi connectivity index (χ2v) is 5.38. The van der Waals surface area contributed by atoms with Crippen molar-refractivity contribution >= 4 is 11.6 Å². The molecule has 4 nitrogen and oxygen atoms in total. The lowest BCUT2D eigenvalue weighted by Crippen LogP contribution is -2.30. The molecule has 1 unspecified atom stereocenters. The first kappa shape index (κ1) is 15.8. The van der Waals surface area contributed by atoms with Crippen LogP contribution in [0.25, 0.3) is 0 Å². The molecule has 2 N–H and O–H groups in total. The predicted molar refractivity (Wildman–Crippen MR) is 81.0 cm³/mol. The van der Waals surface area contributed by atoms with Crippen LogP contribution in [0.1, 0.15) is 32.6 Å². The fraction of sp³-hybridized carbons (Fsp3) is 0.562. The smallest absolute Gasteiger partial charge is 0.224 e. The minimum Gasteiger partial charge on any atom is -0.491 e. The van der Waals surface area contributed by atoms with Crippen LogP contribution in [-0.2, 0) is 4.79 Å². The molecule has 1 heterocycles. The van der Waals surface area contributed by atoms with Crippen LogP contribution >= 0.6 is 0 Å². The van der Waals surface area contributed by atoms with E-state index < -0.39 is 5.82 Å². The average molecular weight is 294 g/mol. The van der Waals surface area contributed by atoms with E-state index in [-0.39, 0.29) is 11.7 Å². The van der Waals surface area contributed by atoms with Gasteiger partial charge in [-0.05, 0) is 57.3 Å². The quantitative estimate of drug-likeness (QED) is 0.848. The first-order valence-corrected chi connectivity index (χ1v) is 7.62. The molecule has 1 atom stereocenters. The third-order valence-corrected chi connectivity index (χ3v) is 3.69. The Bertz CT molecular complexity index is 473. The van der Waals surface area contributed by atoms with Crippen LogP contribution in [0, 0.1) is 11.7 Å². The van der Waals surface area contributed by atoms with Gasteiger partial charge < -0.3 is 15.4 Å². The molecule has 1 aromatic rings. The maximum atomic E-state index is 13.7.